The molecule has 0 aliphatic carbocycles. The van der Waals surface area contributed by atoms with Crippen LogP contribution in [0.15, 0.2) is 24.3 Å². The Balaban J connectivity index is 1.79. The van der Waals surface area contributed by atoms with Crippen molar-refractivity contribution in [1.82, 2.24) is 19.6 Å². The summed E-state index contributed by atoms with van der Waals surface area (Å²) in [7, 11) is 4.18. The van der Waals surface area contributed by atoms with E-state index < -0.39 is 0 Å². The molecule has 0 spiro atoms. The van der Waals surface area contributed by atoms with Gasteiger partial charge in [-0.15, -0.1) is 0 Å². The van der Waals surface area contributed by atoms with Crippen molar-refractivity contribution in [3.8, 4) is 5.69 Å². The predicted molar refractivity (Wildman–Crippen MR) is 110 cm³/mol. The molecular weight excluding hydrogens is 357 g/mol. The Labute approximate surface area is 166 Å². The first-order valence-corrected chi connectivity index (χ1v) is 9.67. The van der Waals surface area contributed by atoms with Crippen molar-refractivity contribution in [1.29, 1.82) is 0 Å². The number of carbonyl (C=O) groups excluding carboxylic acids is 1. The summed E-state index contributed by atoms with van der Waals surface area (Å²) in [5.74, 6) is 0.371. The van der Waals surface area contributed by atoms with Crippen LogP contribution in [-0.2, 0) is 16.6 Å². The van der Waals surface area contributed by atoms with Crippen LogP contribution in [0, 0.1) is 5.82 Å². The number of likely N-dealkylation sites (tertiary alicyclic amines) is 1. The highest BCUT2D eigenvalue weighted by molar-refractivity contribution is 5.70. The molecule has 1 aromatic heterocycles. The minimum atomic E-state index is -0.207. The van der Waals surface area contributed by atoms with E-state index in [1.807, 2.05) is 12.1 Å². The highest BCUT2D eigenvalue weighted by Gasteiger charge is 2.27. The Morgan fingerprint density at radius 2 is 2.00 bits per heavy atom. The lowest BCUT2D eigenvalue weighted by atomic mass is 9.92. The third kappa shape index (κ3) is 4.42. The minimum absolute atomic E-state index is 0.159. The van der Waals surface area contributed by atoms with Crippen LogP contribution in [0.5, 0.6) is 0 Å². The number of nitrogens with one attached hydrogen (secondary N) is 1. The van der Waals surface area contributed by atoms with E-state index >= 15 is 0 Å². The Morgan fingerprint density at radius 3 is 2.61 bits per heavy atom. The molecule has 3 rings (SSSR count). The number of hydrogen-bond acceptors (Lipinski definition) is 4. The van der Waals surface area contributed by atoms with Crippen molar-refractivity contribution in [2.45, 2.75) is 38.6 Å². The Kier molecular flexibility index (Phi) is 5.86. The minimum Gasteiger partial charge on any atom is -0.313 e. The molecule has 1 amide bonds. The first-order chi connectivity index (χ1) is 13.2. The second-order valence-corrected chi connectivity index (χ2v) is 8.74. The van der Waals surface area contributed by atoms with Crippen molar-refractivity contribution in [2.75, 3.05) is 39.0 Å². The number of nitrogens with zero attached hydrogens (tertiary/aromatic N) is 4. The van der Waals surface area contributed by atoms with Crippen molar-refractivity contribution < 1.29 is 9.18 Å². The summed E-state index contributed by atoms with van der Waals surface area (Å²) in [5.41, 5.74) is 2.10. The molecule has 1 N–H and O–H groups in total. The summed E-state index contributed by atoms with van der Waals surface area (Å²) >= 11 is 0. The molecule has 0 unspecified atom stereocenters. The number of amides is 1. The van der Waals surface area contributed by atoms with Crippen molar-refractivity contribution in [2.24, 2.45) is 0 Å². The number of likely N-dealkylation sites (N-methyl/N-ethyl adjacent to an activating group) is 1. The Bertz CT molecular complexity index is 834. The fourth-order valence-corrected chi connectivity index (χ4v) is 3.32. The molecule has 152 valence electrons. The smallest absolute Gasteiger partial charge is 0.212 e. The van der Waals surface area contributed by atoms with E-state index in [0.717, 1.165) is 31.0 Å². The van der Waals surface area contributed by atoms with Crippen LogP contribution in [0.25, 0.3) is 5.69 Å². The molecule has 28 heavy (non-hydrogen) atoms. The van der Waals surface area contributed by atoms with Gasteiger partial charge in [-0.2, -0.15) is 5.10 Å². The lowest BCUT2D eigenvalue weighted by molar-refractivity contribution is -0.105. The predicted octanol–water partition coefficient (Wildman–Crippen LogP) is 2.67. The zero-order valence-corrected chi connectivity index (χ0v) is 17.4. The van der Waals surface area contributed by atoms with E-state index in [-0.39, 0.29) is 11.2 Å². The lowest BCUT2D eigenvalue weighted by Crippen LogP contribution is -2.57. The molecule has 1 aliphatic heterocycles. The van der Waals surface area contributed by atoms with E-state index in [1.165, 1.54) is 6.07 Å². The van der Waals surface area contributed by atoms with E-state index in [2.05, 4.69) is 55.1 Å². The highest BCUT2D eigenvalue weighted by Crippen LogP contribution is 2.27. The van der Waals surface area contributed by atoms with Crippen LogP contribution < -0.4 is 5.32 Å². The van der Waals surface area contributed by atoms with Gasteiger partial charge in [0.25, 0.3) is 0 Å². The summed E-state index contributed by atoms with van der Waals surface area (Å²) in [6.45, 7) is 9.07. The number of aromatic nitrogens is 2. The average Bonchev–Trinajstić information content (AvgIpc) is 2.99. The van der Waals surface area contributed by atoms with E-state index in [9.17, 15) is 9.18 Å². The van der Waals surface area contributed by atoms with Gasteiger partial charge in [-0.05, 0) is 44.3 Å². The zero-order valence-electron chi connectivity index (χ0n) is 17.4. The Hall–Kier alpha value is -2.25. The van der Waals surface area contributed by atoms with Gasteiger partial charge < -0.3 is 10.2 Å². The first kappa shape index (κ1) is 20.5. The van der Waals surface area contributed by atoms with Crippen LogP contribution >= 0.6 is 0 Å². The molecule has 1 fully saturated rings. The largest absolute Gasteiger partial charge is 0.313 e. The van der Waals surface area contributed by atoms with Gasteiger partial charge in [-0.3, -0.25) is 9.69 Å². The molecule has 0 bridgehead atoms. The van der Waals surface area contributed by atoms with E-state index in [1.54, 1.807) is 10.7 Å². The molecule has 2 aromatic rings. The van der Waals surface area contributed by atoms with Gasteiger partial charge in [0.2, 0.25) is 6.41 Å². The van der Waals surface area contributed by atoms with Gasteiger partial charge in [0.15, 0.2) is 0 Å². The monoisotopic (exact) mass is 387 g/mol. The van der Waals surface area contributed by atoms with Gasteiger partial charge >= 0.3 is 0 Å². The van der Waals surface area contributed by atoms with Gasteiger partial charge in [-0.1, -0.05) is 20.8 Å². The summed E-state index contributed by atoms with van der Waals surface area (Å²) in [6, 6.07) is 7.45. The summed E-state index contributed by atoms with van der Waals surface area (Å²) in [5, 5.41) is 7.35. The normalized spacial score (nSPS) is 15.7. The number of anilines is 1. The van der Waals surface area contributed by atoms with Crippen molar-refractivity contribution in [3.63, 3.8) is 0 Å². The number of benzene rings is 1. The maximum absolute atomic E-state index is 14.4. The molecule has 2 heterocycles. The van der Waals surface area contributed by atoms with Gasteiger partial charge in [0.1, 0.15) is 11.6 Å². The van der Waals surface area contributed by atoms with Crippen molar-refractivity contribution in [3.05, 3.63) is 41.3 Å². The fraction of sp³-hybridized carbons (Fsp3) is 0.524. The third-order valence-corrected chi connectivity index (χ3v) is 5.32. The van der Waals surface area contributed by atoms with Gasteiger partial charge in [0, 0.05) is 37.2 Å². The molecule has 1 aliphatic rings. The molecule has 0 radical (unpaired) electrons. The Morgan fingerprint density at radius 1 is 1.29 bits per heavy atom. The van der Waals surface area contributed by atoms with Crippen LogP contribution in [0.1, 0.15) is 32.0 Å². The topological polar surface area (TPSA) is 53.4 Å². The quantitative estimate of drug-likeness (QED) is 0.742. The third-order valence-electron chi connectivity index (χ3n) is 5.32. The van der Waals surface area contributed by atoms with Crippen LogP contribution in [0.3, 0.4) is 0 Å². The van der Waals surface area contributed by atoms with Gasteiger partial charge in [-0.25, -0.2) is 9.07 Å². The molecule has 0 saturated carbocycles. The zero-order chi connectivity index (χ0) is 20.5. The maximum Gasteiger partial charge on any atom is 0.212 e. The standard InChI is InChI=1S/C21H30FN5O/c1-21(2,3)19-11-20(23-14-28)27(24-19)16-6-7-18(22)15(10-16)8-9-26-12-17(13-26)25(4)5/h6-7,10-11,14,17H,8-9,12-13H2,1-5H3,(H,23,28). The van der Waals surface area contributed by atoms with E-state index in [4.69, 9.17) is 0 Å². The molecule has 1 saturated heterocycles. The SMILES string of the molecule is CN(C)C1CN(CCc2cc(-n3nc(C(C)(C)C)cc3NC=O)ccc2F)C1. The highest BCUT2D eigenvalue weighted by atomic mass is 19.1. The molecule has 1 aromatic carbocycles. The number of rotatable bonds is 7. The molecule has 6 nitrogen and oxygen atoms in total. The molecule has 0 atom stereocenters. The average molecular weight is 388 g/mol. The number of halogens is 1. The summed E-state index contributed by atoms with van der Waals surface area (Å²) in [6.07, 6.45) is 1.28. The first-order valence-electron chi connectivity index (χ1n) is 9.67. The second kappa shape index (κ2) is 8.01. The van der Waals surface area contributed by atoms with Crippen LogP contribution in [0.2, 0.25) is 0 Å². The summed E-state index contributed by atoms with van der Waals surface area (Å²) < 4.78 is 16.0. The molecule has 7 heteroatoms. The van der Waals surface area contributed by atoms with Gasteiger partial charge in [0.05, 0.1) is 11.4 Å². The second-order valence-electron chi connectivity index (χ2n) is 8.74. The van der Waals surface area contributed by atoms with Crippen molar-refractivity contribution >= 4 is 12.2 Å². The number of carbonyl (C=O) groups is 1. The maximum atomic E-state index is 14.4. The van der Waals surface area contributed by atoms with Crippen LogP contribution in [-0.4, -0.2) is 65.8 Å². The lowest BCUT2D eigenvalue weighted by Gasteiger charge is -2.42. The summed E-state index contributed by atoms with van der Waals surface area (Å²) in [4.78, 5) is 15.6. The van der Waals surface area contributed by atoms with E-state index in [0.29, 0.717) is 30.3 Å². The molecular formula is C21H30FN5O. The number of hydrogen-bond donors (Lipinski definition) is 1. The van der Waals surface area contributed by atoms with Crippen LogP contribution in [0.4, 0.5) is 10.2 Å². The fourth-order valence-electron chi connectivity index (χ4n) is 3.32.